The summed E-state index contributed by atoms with van der Waals surface area (Å²) in [7, 11) is 0. The highest BCUT2D eigenvalue weighted by molar-refractivity contribution is 5.74. The zero-order chi connectivity index (χ0) is 17.6. The molecule has 3 N–H and O–H groups in total. The largest absolute Gasteiger partial charge is 0.467 e. The molecule has 0 fully saturated rings. The van der Waals surface area contributed by atoms with E-state index in [0.717, 1.165) is 5.69 Å². The number of para-hydroxylation sites is 1. The van der Waals surface area contributed by atoms with E-state index in [1.54, 1.807) is 23.0 Å². The number of aliphatic hydroxyl groups is 1. The Morgan fingerprint density at radius 2 is 2.08 bits per heavy atom. The second-order valence-electron chi connectivity index (χ2n) is 5.53. The van der Waals surface area contributed by atoms with Crippen LogP contribution in [0.25, 0.3) is 5.69 Å². The first-order chi connectivity index (χ1) is 12.1. The standard InChI is InChI=1S/C17H19N5O3/c1-12(14-11-22(21-20-14)13-6-3-2-4-7-13)19-17(24)18-10-15(23)16-8-5-9-25-16/h2-9,11-12,15,23H,10H2,1H3,(H2,18,19,24). The first kappa shape index (κ1) is 16.7. The third-order valence-electron chi connectivity index (χ3n) is 3.65. The highest BCUT2D eigenvalue weighted by Crippen LogP contribution is 2.13. The molecule has 0 spiro atoms. The Bertz CT molecular complexity index is 801. The Balaban J connectivity index is 1.52. The number of nitrogens with one attached hydrogen (secondary N) is 2. The van der Waals surface area contributed by atoms with Crippen LogP contribution in [0.15, 0.2) is 59.3 Å². The molecule has 2 aromatic heterocycles. The predicted molar refractivity (Wildman–Crippen MR) is 90.0 cm³/mol. The van der Waals surface area contributed by atoms with Gasteiger partial charge in [0.05, 0.1) is 30.7 Å². The van der Waals surface area contributed by atoms with Crippen LogP contribution in [-0.2, 0) is 0 Å². The van der Waals surface area contributed by atoms with Crippen molar-refractivity contribution in [3.8, 4) is 5.69 Å². The summed E-state index contributed by atoms with van der Waals surface area (Å²) in [5.74, 6) is 0.402. The summed E-state index contributed by atoms with van der Waals surface area (Å²) in [6, 6.07) is 12.2. The van der Waals surface area contributed by atoms with Crippen molar-refractivity contribution in [2.24, 2.45) is 0 Å². The van der Waals surface area contributed by atoms with Crippen molar-refractivity contribution >= 4 is 6.03 Å². The van der Waals surface area contributed by atoms with E-state index in [2.05, 4.69) is 20.9 Å². The topological polar surface area (TPSA) is 105 Å². The van der Waals surface area contributed by atoms with Crippen molar-refractivity contribution in [2.45, 2.75) is 19.1 Å². The lowest BCUT2D eigenvalue weighted by atomic mass is 10.2. The van der Waals surface area contributed by atoms with Crippen LogP contribution in [0, 0.1) is 0 Å². The fraction of sp³-hybridized carbons (Fsp3) is 0.235. The number of carbonyl (C=O) groups excluding carboxylic acids is 1. The zero-order valence-electron chi connectivity index (χ0n) is 13.7. The fourth-order valence-electron chi connectivity index (χ4n) is 2.27. The summed E-state index contributed by atoms with van der Waals surface area (Å²) >= 11 is 0. The molecule has 3 aromatic rings. The van der Waals surface area contributed by atoms with Gasteiger partial charge in [-0.1, -0.05) is 23.4 Å². The molecule has 0 aliphatic carbocycles. The molecule has 2 atom stereocenters. The smallest absolute Gasteiger partial charge is 0.315 e. The third-order valence-corrected chi connectivity index (χ3v) is 3.65. The number of carbonyl (C=O) groups is 1. The normalized spacial score (nSPS) is 13.2. The van der Waals surface area contributed by atoms with E-state index in [1.165, 1.54) is 6.26 Å². The van der Waals surface area contributed by atoms with Crippen LogP contribution in [0.2, 0.25) is 0 Å². The number of hydrogen-bond acceptors (Lipinski definition) is 5. The minimum absolute atomic E-state index is 0.0444. The molecular weight excluding hydrogens is 322 g/mol. The van der Waals surface area contributed by atoms with E-state index in [-0.39, 0.29) is 12.6 Å². The number of nitrogens with zero attached hydrogens (tertiary/aromatic N) is 3. The van der Waals surface area contributed by atoms with Crippen molar-refractivity contribution < 1.29 is 14.3 Å². The van der Waals surface area contributed by atoms with E-state index < -0.39 is 12.1 Å². The average molecular weight is 341 g/mol. The van der Waals surface area contributed by atoms with Crippen molar-refractivity contribution in [3.05, 3.63) is 66.4 Å². The van der Waals surface area contributed by atoms with Crippen molar-refractivity contribution in [2.75, 3.05) is 6.54 Å². The van der Waals surface area contributed by atoms with E-state index in [1.807, 2.05) is 37.3 Å². The van der Waals surface area contributed by atoms with Gasteiger partial charge in [0, 0.05) is 0 Å². The second-order valence-corrected chi connectivity index (χ2v) is 5.53. The SMILES string of the molecule is CC(NC(=O)NCC(O)c1ccco1)c1cn(-c2ccccc2)nn1. The molecule has 0 radical (unpaired) electrons. The number of aromatic nitrogens is 3. The molecule has 3 rings (SSSR count). The van der Waals surface area contributed by atoms with Gasteiger partial charge in [-0.3, -0.25) is 0 Å². The number of hydrogen-bond donors (Lipinski definition) is 3. The number of rotatable bonds is 6. The lowest BCUT2D eigenvalue weighted by Crippen LogP contribution is -2.39. The van der Waals surface area contributed by atoms with Crippen molar-refractivity contribution in [3.63, 3.8) is 0 Å². The molecule has 2 heterocycles. The highest BCUT2D eigenvalue weighted by atomic mass is 16.4. The molecule has 8 heteroatoms. The molecule has 1 aromatic carbocycles. The summed E-state index contributed by atoms with van der Waals surface area (Å²) in [5, 5.41) is 23.4. The van der Waals surface area contributed by atoms with E-state index in [4.69, 9.17) is 4.42 Å². The molecule has 0 aliphatic rings. The van der Waals surface area contributed by atoms with Gasteiger partial charge < -0.3 is 20.2 Å². The van der Waals surface area contributed by atoms with Crippen LogP contribution in [-0.4, -0.2) is 32.7 Å². The molecule has 25 heavy (non-hydrogen) atoms. The molecule has 2 unspecified atom stereocenters. The maximum atomic E-state index is 12.0. The van der Waals surface area contributed by atoms with Crippen LogP contribution in [0.1, 0.15) is 30.5 Å². The summed E-state index contributed by atoms with van der Waals surface area (Å²) in [6.45, 7) is 1.85. The maximum Gasteiger partial charge on any atom is 0.315 e. The molecule has 0 saturated carbocycles. The van der Waals surface area contributed by atoms with Crippen LogP contribution in [0.5, 0.6) is 0 Å². The number of urea groups is 1. The second kappa shape index (κ2) is 7.63. The molecule has 130 valence electrons. The molecule has 0 aliphatic heterocycles. The monoisotopic (exact) mass is 341 g/mol. The van der Waals surface area contributed by atoms with Crippen molar-refractivity contribution in [1.82, 2.24) is 25.6 Å². The third kappa shape index (κ3) is 4.24. The van der Waals surface area contributed by atoms with Crippen molar-refractivity contribution in [1.29, 1.82) is 0 Å². The van der Waals surface area contributed by atoms with E-state index >= 15 is 0 Å². The summed E-state index contributed by atoms with van der Waals surface area (Å²) in [6.07, 6.45) is 2.34. The van der Waals surface area contributed by atoms with Gasteiger partial charge in [-0.2, -0.15) is 0 Å². The summed E-state index contributed by atoms with van der Waals surface area (Å²) < 4.78 is 6.72. The number of furan rings is 1. The van der Waals surface area contributed by atoms with Gasteiger partial charge in [0.2, 0.25) is 0 Å². The van der Waals surface area contributed by atoms with Gasteiger partial charge >= 0.3 is 6.03 Å². The van der Waals surface area contributed by atoms with E-state index in [0.29, 0.717) is 11.5 Å². The van der Waals surface area contributed by atoms with Crippen LogP contribution in [0.3, 0.4) is 0 Å². The van der Waals surface area contributed by atoms with E-state index in [9.17, 15) is 9.90 Å². The summed E-state index contributed by atoms with van der Waals surface area (Å²) in [5.41, 5.74) is 1.52. The Kier molecular flexibility index (Phi) is 5.10. The number of benzene rings is 1. The summed E-state index contributed by atoms with van der Waals surface area (Å²) in [4.78, 5) is 12.0. The predicted octanol–water partition coefficient (Wildman–Crippen LogP) is 1.95. The highest BCUT2D eigenvalue weighted by Gasteiger charge is 2.16. The zero-order valence-corrected chi connectivity index (χ0v) is 13.7. The van der Waals surface area contributed by atoms with Gasteiger partial charge in [0.15, 0.2) is 0 Å². The molecule has 2 amide bonds. The first-order valence-electron chi connectivity index (χ1n) is 7.87. The number of amides is 2. The Hall–Kier alpha value is -3.13. The number of aliphatic hydroxyl groups excluding tert-OH is 1. The first-order valence-corrected chi connectivity index (χ1v) is 7.87. The van der Waals surface area contributed by atoms with Crippen LogP contribution in [0.4, 0.5) is 4.79 Å². The Morgan fingerprint density at radius 3 is 2.80 bits per heavy atom. The van der Waals surface area contributed by atoms with Gasteiger partial charge in [0.1, 0.15) is 17.6 Å². The average Bonchev–Trinajstić information content (AvgIpc) is 3.32. The molecule has 0 saturated heterocycles. The lowest BCUT2D eigenvalue weighted by Gasteiger charge is -2.14. The van der Waals surface area contributed by atoms with Crippen LogP contribution < -0.4 is 10.6 Å². The van der Waals surface area contributed by atoms with Gasteiger partial charge in [-0.15, -0.1) is 5.10 Å². The maximum absolute atomic E-state index is 12.0. The Labute approximate surface area is 144 Å². The fourth-order valence-corrected chi connectivity index (χ4v) is 2.27. The quantitative estimate of drug-likeness (QED) is 0.635. The lowest BCUT2D eigenvalue weighted by molar-refractivity contribution is 0.147. The minimum Gasteiger partial charge on any atom is -0.467 e. The molecular formula is C17H19N5O3. The minimum atomic E-state index is -0.894. The van der Waals surface area contributed by atoms with Gasteiger partial charge in [-0.25, -0.2) is 9.48 Å². The Morgan fingerprint density at radius 1 is 1.28 bits per heavy atom. The molecule has 8 nitrogen and oxygen atoms in total. The van der Waals surface area contributed by atoms with Crippen LogP contribution >= 0.6 is 0 Å². The molecule has 0 bridgehead atoms. The van der Waals surface area contributed by atoms with Gasteiger partial charge in [0.25, 0.3) is 0 Å². The van der Waals surface area contributed by atoms with Gasteiger partial charge in [-0.05, 0) is 31.2 Å².